The lowest BCUT2D eigenvalue weighted by Crippen LogP contribution is -2.29. The fraction of sp³-hybridized carbons (Fsp3) is 0.368. The summed E-state index contributed by atoms with van der Waals surface area (Å²) in [6.07, 6.45) is 3.82. The van der Waals surface area contributed by atoms with Crippen LogP contribution in [-0.2, 0) is 6.42 Å². The van der Waals surface area contributed by atoms with Crippen molar-refractivity contribution in [3.05, 3.63) is 59.7 Å². The van der Waals surface area contributed by atoms with Crippen LogP contribution in [0.25, 0.3) is 0 Å². The minimum atomic E-state index is 0.984. The van der Waals surface area contributed by atoms with Gasteiger partial charge in [0.2, 0.25) is 0 Å². The largest absolute Gasteiger partial charge is 0.383 e. The van der Waals surface area contributed by atoms with Crippen LogP contribution in [0.3, 0.4) is 0 Å². The molecule has 2 aromatic rings. The van der Waals surface area contributed by atoms with Crippen LogP contribution >= 0.6 is 0 Å². The molecule has 2 nitrogen and oxygen atoms in total. The number of nitrogens with zero attached hydrogens (tertiary/aromatic N) is 1. The molecule has 1 aliphatic rings. The maximum Gasteiger partial charge on any atom is 0.0399 e. The molecule has 0 aromatic heterocycles. The third kappa shape index (κ3) is 3.57. The third-order valence-corrected chi connectivity index (χ3v) is 4.19. The first-order chi connectivity index (χ1) is 10.3. The molecule has 1 aliphatic heterocycles. The van der Waals surface area contributed by atoms with Gasteiger partial charge < -0.3 is 10.2 Å². The van der Waals surface area contributed by atoms with Gasteiger partial charge in [0.15, 0.2) is 0 Å². The monoisotopic (exact) mass is 280 g/mol. The predicted octanol–water partition coefficient (Wildman–Crippen LogP) is 4.25. The summed E-state index contributed by atoms with van der Waals surface area (Å²) in [6, 6.07) is 17.5. The van der Waals surface area contributed by atoms with Crippen molar-refractivity contribution in [2.75, 3.05) is 29.9 Å². The Morgan fingerprint density at radius 3 is 2.86 bits per heavy atom. The van der Waals surface area contributed by atoms with Gasteiger partial charge >= 0.3 is 0 Å². The Morgan fingerprint density at radius 2 is 1.95 bits per heavy atom. The molecule has 1 N–H and O–H groups in total. The van der Waals surface area contributed by atoms with Crippen molar-refractivity contribution < 1.29 is 0 Å². The van der Waals surface area contributed by atoms with E-state index in [9.17, 15) is 0 Å². The van der Waals surface area contributed by atoms with Crippen molar-refractivity contribution in [3.8, 4) is 0 Å². The molecule has 0 unspecified atom stereocenters. The Kier molecular flexibility index (Phi) is 4.44. The number of nitrogens with one attached hydrogen (secondary N) is 1. The van der Waals surface area contributed by atoms with Gasteiger partial charge in [-0.15, -0.1) is 0 Å². The lowest BCUT2D eigenvalue weighted by atomic mass is 10.1. The molecule has 2 aromatic carbocycles. The molecule has 0 atom stereocenters. The maximum absolute atomic E-state index is 3.54. The molecule has 0 bridgehead atoms. The lowest BCUT2D eigenvalue weighted by molar-refractivity contribution is 0.719. The van der Waals surface area contributed by atoms with Crippen molar-refractivity contribution in [1.29, 1.82) is 0 Å². The highest BCUT2D eigenvalue weighted by Gasteiger charge is 2.13. The second kappa shape index (κ2) is 6.66. The quantitative estimate of drug-likeness (QED) is 0.900. The standard InChI is InChI=1S/C19H24N2/c1-16-7-6-10-18(15-16)20-12-14-21-13-5-4-9-17-8-2-3-11-19(17)21/h2-3,6-8,10-11,15,20H,4-5,9,12-14H2,1H3. The van der Waals surface area contributed by atoms with Gasteiger partial charge in [0.25, 0.3) is 0 Å². The third-order valence-electron chi connectivity index (χ3n) is 4.19. The SMILES string of the molecule is Cc1cccc(NCCN2CCCCc3ccccc32)c1. The van der Waals surface area contributed by atoms with Gasteiger partial charge in [-0.05, 0) is 55.5 Å². The van der Waals surface area contributed by atoms with Crippen LogP contribution in [0.2, 0.25) is 0 Å². The normalized spacial score (nSPS) is 14.4. The second-order valence-electron chi connectivity index (χ2n) is 5.87. The zero-order valence-corrected chi connectivity index (χ0v) is 12.8. The number of benzene rings is 2. The van der Waals surface area contributed by atoms with E-state index >= 15 is 0 Å². The minimum absolute atomic E-state index is 0.984. The number of rotatable bonds is 4. The summed E-state index contributed by atoms with van der Waals surface area (Å²) in [6.45, 7) is 5.35. The first-order valence-electron chi connectivity index (χ1n) is 7.96. The lowest BCUT2D eigenvalue weighted by Gasteiger charge is -2.25. The van der Waals surface area contributed by atoms with Gasteiger partial charge in [0, 0.05) is 31.0 Å². The van der Waals surface area contributed by atoms with Crippen LogP contribution in [0.15, 0.2) is 48.5 Å². The van der Waals surface area contributed by atoms with Crippen LogP contribution in [0.5, 0.6) is 0 Å². The summed E-state index contributed by atoms with van der Waals surface area (Å²) in [5, 5.41) is 3.54. The highest BCUT2D eigenvalue weighted by Crippen LogP contribution is 2.25. The molecule has 0 spiro atoms. The number of hydrogen-bond acceptors (Lipinski definition) is 2. The highest BCUT2D eigenvalue weighted by atomic mass is 15.1. The average Bonchev–Trinajstić information content (AvgIpc) is 2.70. The minimum Gasteiger partial charge on any atom is -0.383 e. The summed E-state index contributed by atoms with van der Waals surface area (Å²) >= 11 is 0. The van der Waals surface area contributed by atoms with E-state index in [0.717, 1.165) is 13.1 Å². The predicted molar refractivity (Wildman–Crippen MR) is 91.3 cm³/mol. The topological polar surface area (TPSA) is 15.3 Å². The average molecular weight is 280 g/mol. The molecule has 1 heterocycles. The van der Waals surface area contributed by atoms with Gasteiger partial charge in [0.05, 0.1) is 0 Å². The van der Waals surface area contributed by atoms with Gasteiger partial charge in [-0.2, -0.15) is 0 Å². The second-order valence-corrected chi connectivity index (χ2v) is 5.87. The van der Waals surface area contributed by atoms with Gasteiger partial charge in [0.1, 0.15) is 0 Å². The molecule has 2 heteroatoms. The van der Waals surface area contributed by atoms with Crippen molar-refractivity contribution >= 4 is 11.4 Å². The van der Waals surface area contributed by atoms with E-state index in [1.54, 1.807) is 0 Å². The summed E-state index contributed by atoms with van der Waals surface area (Å²) < 4.78 is 0. The molecule has 110 valence electrons. The van der Waals surface area contributed by atoms with E-state index in [4.69, 9.17) is 0 Å². The summed E-state index contributed by atoms with van der Waals surface area (Å²) in [7, 11) is 0. The number of hydrogen-bond donors (Lipinski definition) is 1. The molecule has 0 aliphatic carbocycles. The zero-order valence-electron chi connectivity index (χ0n) is 12.8. The molecular formula is C19H24N2. The molecular weight excluding hydrogens is 256 g/mol. The zero-order chi connectivity index (χ0) is 14.5. The van der Waals surface area contributed by atoms with Crippen LogP contribution in [0, 0.1) is 6.92 Å². The molecule has 0 fully saturated rings. The van der Waals surface area contributed by atoms with E-state index in [2.05, 4.69) is 65.7 Å². The van der Waals surface area contributed by atoms with Crippen molar-refractivity contribution in [2.45, 2.75) is 26.2 Å². The summed E-state index contributed by atoms with van der Waals surface area (Å²) in [4.78, 5) is 2.53. The summed E-state index contributed by atoms with van der Waals surface area (Å²) in [5.74, 6) is 0. The molecule has 0 radical (unpaired) electrons. The fourth-order valence-electron chi connectivity index (χ4n) is 3.09. The Balaban J connectivity index is 1.62. The van der Waals surface area contributed by atoms with Crippen LogP contribution in [0.4, 0.5) is 11.4 Å². The fourth-order valence-corrected chi connectivity index (χ4v) is 3.09. The smallest absolute Gasteiger partial charge is 0.0399 e. The van der Waals surface area contributed by atoms with E-state index in [0.29, 0.717) is 0 Å². The summed E-state index contributed by atoms with van der Waals surface area (Å²) in [5.41, 5.74) is 5.46. The molecule has 0 amide bonds. The Labute approximate surface area is 127 Å². The number of fused-ring (bicyclic) bond motifs is 1. The van der Waals surface area contributed by atoms with Crippen molar-refractivity contribution in [1.82, 2.24) is 0 Å². The van der Waals surface area contributed by atoms with E-state index in [-0.39, 0.29) is 0 Å². The van der Waals surface area contributed by atoms with Gasteiger partial charge in [-0.3, -0.25) is 0 Å². The molecule has 3 rings (SSSR count). The molecule has 0 saturated heterocycles. The van der Waals surface area contributed by atoms with Gasteiger partial charge in [-0.25, -0.2) is 0 Å². The maximum atomic E-state index is 3.54. The van der Waals surface area contributed by atoms with E-state index < -0.39 is 0 Å². The number of aryl methyl sites for hydroxylation is 2. The Bertz CT molecular complexity index is 592. The van der Waals surface area contributed by atoms with Crippen molar-refractivity contribution in [2.24, 2.45) is 0 Å². The van der Waals surface area contributed by atoms with E-state index in [1.165, 1.54) is 48.3 Å². The first kappa shape index (κ1) is 14.0. The van der Waals surface area contributed by atoms with Crippen LogP contribution < -0.4 is 10.2 Å². The molecule has 0 saturated carbocycles. The van der Waals surface area contributed by atoms with Crippen molar-refractivity contribution in [3.63, 3.8) is 0 Å². The van der Waals surface area contributed by atoms with Crippen LogP contribution in [-0.4, -0.2) is 19.6 Å². The Morgan fingerprint density at radius 1 is 1.05 bits per heavy atom. The Hall–Kier alpha value is -1.96. The molecule has 21 heavy (non-hydrogen) atoms. The van der Waals surface area contributed by atoms with E-state index in [1.807, 2.05) is 0 Å². The highest BCUT2D eigenvalue weighted by molar-refractivity contribution is 5.55. The number of anilines is 2. The first-order valence-corrected chi connectivity index (χ1v) is 7.96. The van der Waals surface area contributed by atoms with Crippen LogP contribution in [0.1, 0.15) is 24.0 Å². The van der Waals surface area contributed by atoms with Gasteiger partial charge in [-0.1, -0.05) is 30.3 Å². The number of para-hydroxylation sites is 1.